The number of hydrogen-bond donors (Lipinski definition) is 0. The van der Waals surface area contributed by atoms with Crippen LogP contribution in [0.15, 0.2) is 0 Å². The van der Waals surface area contributed by atoms with Crippen molar-refractivity contribution in [1.29, 1.82) is 0 Å². The second kappa shape index (κ2) is 30.9. The highest BCUT2D eigenvalue weighted by molar-refractivity contribution is 5.77. The Morgan fingerprint density at radius 2 is 0.525 bits per heavy atom. The summed E-state index contributed by atoms with van der Waals surface area (Å²) in [7, 11) is 0. The van der Waals surface area contributed by atoms with E-state index in [-0.39, 0.29) is 0 Å². The highest BCUT2D eigenvalue weighted by Crippen LogP contribution is 2.25. The zero-order valence-corrected chi connectivity index (χ0v) is 27.0. The zero-order valence-electron chi connectivity index (χ0n) is 27.0. The van der Waals surface area contributed by atoms with Crippen LogP contribution < -0.4 is 10.2 Å². The Hall–Kier alpha value is -1.06. The van der Waals surface area contributed by atoms with E-state index in [0.29, 0.717) is 12.8 Å². The van der Waals surface area contributed by atoms with Crippen molar-refractivity contribution in [3.8, 4) is 0 Å². The second-order valence-corrected chi connectivity index (χ2v) is 12.6. The van der Waals surface area contributed by atoms with E-state index in [4.69, 9.17) is 0 Å². The van der Waals surface area contributed by atoms with Crippen molar-refractivity contribution in [2.75, 3.05) is 0 Å². The SMILES string of the molecule is CCCCCCCCCCCCCCCCC(C(=O)[O-])C(CCCCCCCCCCCCCCCC)C(=O)[O-]. The highest BCUT2D eigenvalue weighted by atomic mass is 16.4. The van der Waals surface area contributed by atoms with Crippen molar-refractivity contribution in [3.05, 3.63) is 0 Å². The Bertz CT molecular complexity index is 499. The van der Waals surface area contributed by atoms with Crippen molar-refractivity contribution in [3.63, 3.8) is 0 Å². The van der Waals surface area contributed by atoms with Gasteiger partial charge in [0.1, 0.15) is 0 Å². The third kappa shape index (κ3) is 25.9. The van der Waals surface area contributed by atoms with Crippen LogP contribution in [0.5, 0.6) is 0 Å². The molecule has 0 bridgehead atoms. The van der Waals surface area contributed by atoms with E-state index in [1.54, 1.807) is 0 Å². The molecule has 0 amide bonds. The molecule has 0 rings (SSSR count). The molecule has 0 N–H and O–H groups in total. The lowest BCUT2D eigenvalue weighted by Crippen LogP contribution is -2.44. The molecule has 0 fully saturated rings. The molecule has 0 aliphatic rings. The van der Waals surface area contributed by atoms with Gasteiger partial charge in [0, 0.05) is 23.8 Å². The Morgan fingerprint density at radius 1 is 0.350 bits per heavy atom. The molecule has 0 radical (unpaired) electrons. The van der Waals surface area contributed by atoms with Crippen molar-refractivity contribution < 1.29 is 19.8 Å². The van der Waals surface area contributed by atoms with Crippen molar-refractivity contribution in [2.45, 2.75) is 206 Å². The number of carbonyl (C=O) groups excluding carboxylic acids is 2. The maximum Gasteiger partial charge on any atom is 0.0451 e. The molecule has 0 saturated heterocycles. The molecule has 0 saturated carbocycles. The van der Waals surface area contributed by atoms with Gasteiger partial charge in [-0.2, -0.15) is 0 Å². The predicted molar refractivity (Wildman–Crippen MR) is 167 cm³/mol. The first kappa shape index (κ1) is 38.9. The summed E-state index contributed by atoms with van der Waals surface area (Å²) in [5.41, 5.74) is 0. The molecule has 2 unspecified atom stereocenters. The largest absolute Gasteiger partial charge is 0.550 e. The van der Waals surface area contributed by atoms with Crippen LogP contribution in [0.3, 0.4) is 0 Å². The molecular formula is C36H68O4-2. The molecule has 238 valence electrons. The van der Waals surface area contributed by atoms with Gasteiger partial charge in [-0.25, -0.2) is 0 Å². The standard InChI is InChI=1S/C36H70O4/c1-3-5-7-9-11-13-15-17-19-21-23-25-27-29-31-33(35(37)38)34(36(39)40)32-30-28-26-24-22-20-18-16-14-12-10-8-6-4-2/h33-34H,3-32H2,1-2H3,(H,37,38)(H,39,40)/p-2. The summed E-state index contributed by atoms with van der Waals surface area (Å²) in [6.45, 7) is 4.52. The van der Waals surface area contributed by atoms with Gasteiger partial charge >= 0.3 is 0 Å². The fourth-order valence-corrected chi connectivity index (χ4v) is 6.08. The van der Waals surface area contributed by atoms with Crippen LogP contribution in [0, 0.1) is 11.8 Å². The number of aliphatic carboxylic acids is 2. The molecule has 0 aromatic carbocycles. The lowest BCUT2D eigenvalue weighted by Gasteiger charge is -2.29. The van der Waals surface area contributed by atoms with Crippen molar-refractivity contribution in [1.82, 2.24) is 0 Å². The molecule has 0 aromatic rings. The Kier molecular flexibility index (Phi) is 30.1. The van der Waals surface area contributed by atoms with E-state index < -0.39 is 23.8 Å². The van der Waals surface area contributed by atoms with Crippen molar-refractivity contribution in [2.24, 2.45) is 11.8 Å². The molecule has 0 aromatic heterocycles. The summed E-state index contributed by atoms with van der Waals surface area (Å²) in [5.74, 6) is -4.25. The molecule has 2 atom stereocenters. The molecule has 0 heterocycles. The first-order valence-corrected chi connectivity index (χ1v) is 18.0. The van der Waals surface area contributed by atoms with E-state index in [1.807, 2.05) is 0 Å². The van der Waals surface area contributed by atoms with E-state index in [0.717, 1.165) is 38.5 Å². The van der Waals surface area contributed by atoms with E-state index >= 15 is 0 Å². The summed E-state index contributed by atoms with van der Waals surface area (Å²) < 4.78 is 0. The molecule has 0 aliphatic heterocycles. The normalized spacial score (nSPS) is 12.9. The number of carboxylic acid groups (broad SMARTS) is 2. The minimum atomic E-state index is -1.21. The van der Waals surface area contributed by atoms with Crippen molar-refractivity contribution >= 4 is 11.9 Å². The summed E-state index contributed by atoms with van der Waals surface area (Å²) in [6.07, 6.45) is 35.7. The summed E-state index contributed by atoms with van der Waals surface area (Å²) in [4.78, 5) is 23.5. The lowest BCUT2D eigenvalue weighted by atomic mass is 9.84. The maximum atomic E-state index is 11.8. The number of hydrogen-bond acceptors (Lipinski definition) is 4. The quantitative estimate of drug-likeness (QED) is 0.0743. The van der Waals surface area contributed by atoms with Crippen LogP contribution in [0.2, 0.25) is 0 Å². The summed E-state index contributed by atoms with van der Waals surface area (Å²) >= 11 is 0. The summed E-state index contributed by atoms with van der Waals surface area (Å²) in [5, 5.41) is 23.5. The van der Waals surface area contributed by atoms with Gasteiger partial charge in [-0.15, -0.1) is 0 Å². The van der Waals surface area contributed by atoms with Gasteiger partial charge in [-0.05, 0) is 12.8 Å². The van der Waals surface area contributed by atoms with Crippen LogP contribution in [-0.4, -0.2) is 11.9 Å². The minimum Gasteiger partial charge on any atom is -0.550 e. The maximum absolute atomic E-state index is 11.8. The Balaban J connectivity index is 3.81. The first-order chi connectivity index (χ1) is 19.5. The fraction of sp³-hybridized carbons (Fsp3) is 0.944. The molecule has 4 heteroatoms. The highest BCUT2D eigenvalue weighted by Gasteiger charge is 2.23. The van der Waals surface area contributed by atoms with Gasteiger partial charge in [0.25, 0.3) is 0 Å². The molecule has 4 nitrogen and oxygen atoms in total. The molecule has 0 spiro atoms. The van der Waals surface area contributed by atoms with E-state index in [2.05, 4.69) is 13.8 Å². The topological polar surface area (TPSA) is 80.3 Å². The monoisotopic (exact) mass is 565 g/mol. The van der Waals surface area contributed by atoms with Gasteiger partial charge < -0.3 is 19.8 Å². The van der Waals surface area contributed by atoms with Crippen LogP contribution >= 0.6 is 0 Å². The van der Waals surface area contributed by atoms with E-state index in [9.17, 15) is 19.8 Å². The zero-order chi connectivity index (χ0) is 29.5. The van der Waals surface area contributed by atoms with Gasteiger partial charge in [0.05, 0.1) is 0 Å². The molecular weight excluding hydrogens is 496 g/mol. The van der Waals surface area contributed by atoms with Crippen LogP contribution in [0.4, 0.5) is 0 Å². The molecule has 0 aliphatic carbocycles. The number of carbonyl (C=O) groups is 2. The van der Waals surface area contributed by atoms with Crippen LogP contribution in [-0.2, 0) is 9.59 Å². The van der Waals surface area contributed by atoms with Gasteiger partial charge in [-0.1, -0.05) is 194 Å². The summed E-state index contributed by atoms with van der Waals surface area (Å²) in [6, 6.07) is 0. The number of carboxylic acids is 2. The first-order valence-electron chi connectivity index (χ1n) is 18.0. The third-order valence-electron chi connectivity index (χ3n) is 8.83. The number of rotatable bonds is 33. The lowest BCUT2D eigenvalue weighted by molar-refractivity contribution is -0.327. The average Bonchev–Trinajstić information content (AvgIpc) is 2.93. The smallest absolute Gasteiger partial charge is 0.0451 e. The van der Waals surface area contributed by atoms with Crippen LogP contribution in [0.25, 0.3) is 0 Å². The van der Waals surface area contributed by atoms with Gasteiger partial charge in [0.2, 0.25) is 0 Å². The fourth-order valence-electron chi connectivity index (χ4n) is 6.08. The van der Waals surface area contributed by atoms with Gasteiger partial charge in [-0.3, -0.25) is 0 Å². The van der Waals surface area contributed by atoms with Crippen LogP contribution in [0.1, 0.15) is 206 Å². The van der Waals surface area contributed by atoms with Gasteiger partial charge in [0.15, 0.2) is 0 Å². The number of unbranched alkanes of at least 4 members (excludes halogenated alkanes) is 26. The molecule has 40 heavy (non-hydrogen) atoms. The Labute approximate surface area is 249 Å². The third-order valence-corrected chi connectivity index (χ3v) is 8.83. The Morgan fingerprint density at radius 3 is 0.700 bits per heavy atom. The predicted octanol–water partition coefficient (Wildman–Crippen LogP) is 9.46. The second-order valence-electron chi connectivity index (χ2n) is 12.6. The van der Waals surface area contributed by atoms with E-state index in [1.165, 1.54) is 141 Å². The minimum absolute atomic E-state index is 0.400. The average molecular weight is 565 g/mol.